The van der Waals surface area contributed by atoms with Crippen molar-refractivity contribution in [1.29, 1.82) is 0 Å². The number of anilines is 1. The van der Waals surface area contributed by atoms with E-state index in [1.165, 1.54) is 46.9 Å². The van der Waals surface area contributed by atoms with E-state index in [-0.39, 0.29) is 52.0 Å². The summed E-state index contributed by atoms with van der Waals surface area (Å²) in [7, 11) is 3.13. The molecule has 2 amide bonds. The smallest absolute Gasteiger partial charge is 0.342 e. The zero-order chi connectivity index (χ0) is 26.9. The molecular weight excluding hydrogens is 546 g/mol. The third-order valence-electron chi connectivity index (χ3n) is 6.14. The van der Waals surface area contributed by atoms with Crippen molar-refractivity contribution in [3.8, 4) is 11.3 Å². The van der Waals surface area contributed by atoms with Gasteiger partial charge in [0.25, 0.3) is 11.8 Å². The SMILES string of the molecule is CN(CCCCN)C(=O)c1ccc(NC(=O)c2ncc(-c3cn(C4CC4)nc3C(F)(F)F)n2C)cc1Cl.Cl. The van der Waals surface area contributed by atoms with Crippen molar-refractivity contribution in [3.05, 3.63) is 52.7 Å². The van der Waals surface area contributed by atoms with E-state index in [1.807, 2.05) is 0 Å². The number of carbonyl (C=O) groups excluding carboxylic acids is 2. The number of carbonyl (C=O) groups is 2. The molecule has 1 aromatic carbocycles. The van der Waals surface area contributed by atoms with Crippen molar-refractivity contribution in [2.24, 2.45) is 12.8 Å². The van der Waals surface area contributed by atoms with Gasteiger partial charge in [-0.25, -0.2) is 4.98 Å². The lowest BCUT2D eigenvalue weighted by Crippen LogP contribution is -2.28. The van der Waals surface area contributed by atoms with Crippen LogP contribution in [0.1, 0.15) is 58.4 Å². The third-order valence-corrected chi connectivity index (χ3v) is 6.45. The Morgan fingerprint density at radius 1 is 1.26 bits per heavy atom. The second-order valence-corrected chi connectivity index (χ2v) is 9.40. The molecule has 1 aliphatic rings. The Hall–Kier alpha value is -3.09. The predicted octanol–water partition coefficient (Wildman–Crippen LogP) is 4.78. The van der Waals surface area contributed by atoms with Gasteiger partial charge in [-0.15, -0.1) is 12.4 Å². The molecule has 1 aliphatic carbocycles. The minimum Gasteiger partial charge on any atom is -0.342 e. The number of nitrogens with zero attached hydrogens (tertiary/aromatic N) is 5. The molecule has 0 aliphatic heterocycles. The quantitative estimate of drug-likeness (QED) is 0.358. The van der Waals surface area contributed by atoms with E-state index in [0.717, 1.165) is 25.7 Å². The molecule has 4 rings (SSSR count). The summed E-state index contributed by atoms with van der Waals surface area (Å²) in [4.78, 5) is 31.2. The minimum atomic E-state index is -4.66. The van der Waals surface area contributed by atoms with E-state index in [4.69, 9.17) is 17.3 Å². The molecule has 9 nitrogen and oxygen atoms in total. The first-order valence-electron chi connectivity index (χ1n) is 11.8. The summed E-state index contributed by atoms with van der Waals surface area (Å²) in [5.74, 6) is -1.01. The number of aromatic nitrogens is 4. The molecule has 38 heavy (non-hydrogen) atoms. The van der Waals surface area contributed by atoms with Gasteiger partial charge in [-0.3, -0.25) is 14.3 Å². The number of rotatable bonds is 9. The Balaban J connectivity index is 0.00000400. The highest BCUT2D eigenvalue weighted by atomic mass is 35.5. The van der Waals surface area contributed by atoms with E-state index in [1.54, 1.807) is 11.9 Å². The van der Waals surface area contributed by atoms with Gasteiger partial charge in [0.15, 0.2) is 11.5 Å². The number of halogens is 5. The van der Waals surface area contributed by atoms with Crippen molar-refractivity contribution in [1.82, 2.24) is 24.2 Å². The van der Waals surface area contributed by atoms with Gasteiger partial charge < -0.3 is 20.5 Å². The monoisotopic (exact) mass is 573 g/mol. The summed E-state index contributed by atoms with van der Waals surface area (Å²) in [6.45, 7) is 1.07. The second kappa shape index (κ2) is 11.7. The second-order valence-electron chi connectivity index (χ2n) is 9.00. The van der Waals surface area contributed by atoms with Crippen LogP contribution in [0.25, 0.3) is 11.3 Å². The fraction of sp³-hybridized carbons (Fsp3) is 0.417. The highest BCUT2D eigenvalue weighted by Crippen LogP contribution is 2.41. The molecule has 0 bridgehead atoms. The molecule has 1 fully saturated rings. The molecule has 0 saturated heterocycles. The van der Waals surface area contributed by atoms with E-state index in [9.17, 15) is 22.8 Å². The number of unbranched alkanes of at least 4 members (excludes halogenated alkanes) is 1. The Morgan fingerprint density at radius 3 is 2.58 bits per heavy atom. The largest absolute Gasteiger partial charge is 0.435 e. The number of benzene rings is 1. The summed E-state index contributed by atoms with van der Waals surface area (Å²) in [5.41, 5.74) is 5.02. The molecule has 0 radical (unpaired) electrons. The Bertz CT molecular complexity index is 1320. The minimum absolute atomic E-state index is 0. The molecule has 1 saturated carbocycles. The summed E-state index contributed by atoms with van der Waals surface area (Å²) < 4.78 is 43.5. The van der Waals surface area contributed by atoms with Crippen LogP contribution in [0, 0.1) is 0 Å². The van der Waals surface area contributed by atoms with Crippen molar-refractivity contribution in [2.75, 3.05) is 25.5 Å². The van der Waals surface area contributed by atoms with Crippen LogP contribution < -0.4 is 11.1 Å². The number of hydrogen-bond donors (Lipinski definition) is 2. The number of hydrogen-bond acceptors (Lipinski definition) is 5. The normalized spacial score (nSPS) is 13.2. The molecule has 3 N–H and O–H groups in total. The maximum atomic E-state index is 13.6. The van der Waals surface area contributed by atoms with Crippen molar-refractivity contribution in [2.45, 2.75) is 37.9 Å². The van der Waals surface area contributed by atoms with Gasteiger partial charge in [0.1, 0.15) is 0 Å². The molecule has 2 heterocycles. The number of imidazole rings is 1. The van der Waals surface area contributed by atoms with Gasteiger partial charge >= 0.3 is 6.18 Å². The fourth-order valence-electron chi connectivity index (χ4n) is 3.94. The highest BCUT2D eigenvalue weighted by molar-refractivity contribution is 6.34. The Kier molecular flexibility index (Phi) is 9.11. The van der Waals surface area contributed by atoms with Gasteiger partial charge in [0.2, 0.25) is 0 Å². The lowest BCUT2D eigenvalue weighted by Gasteiger charge is -2.18. The van der Waals surface area contributed by atoms with E-state index < -0.39 is 17.8 Å². The number of nitrogens with two attached hydrogens (primary N) is 1. The number of alkyl halides is 3. The van der Waals surface area contributed by atoms with Crippen LogP contribution in [-0.2, 0) is 13.2 Å². The number of amides is 2. The standard InChI is InChI=1S/C24H27ClF3N7O2.ClH/c1-33(10-4-3-9-29)23(37)16-8-5-14(11-18(16)25)31-22(36)21-30-12-19(34(21)2)17-13-35(15-6-7-15)32-20(17)24(26,27)28;/h5,8,11-13,15H,3-4,6-7,9-10,29H2,1-2H3,(H,31,36);1H. The fourth-order valence-corrected chi connectivity index (χ4v) is 4.20. The van der Waals surface area contributed by atoms with Crippen LogP contribution in [0.5, 0.6) is 0 Å². The molecule has 14 heteroatoms. The molecule has 206 valence electrons. The van der Waals surface area contributed by atoms with E-state index in [0.29, 0.717) is 18.8 Å². The molecule has 0 unspecified atom stereocenters. The van der Waals surface area contributed by atoms with Crippen molar-refractivity contribution >= 4 is 41.5 Å². The Morgan fingerprint density at radius 2 is 1.97 bits per heavy atom. The van der Waals surface area contributed by atoms with Crippen molar-refractivity contribution in [3.63, 3.8) is 0 Å². The van der Waals surface area contributed by atoms with Crippen LogP contribution in [-0.4, -0.2) is 56.2 Å². The first kappa shape index (κ1) is 29.5. The van der Waals surface area contributed by atoms with E-state index in [2.05, 4.69) is 15.4 Å². The zero-order valence-corrected chi connectivity index (χ0v) is 22.3. The molecule has 2 aromatic heterocycles. The average molecular weight is 574 g/mol. The van der Waals surface area contributed by atoms with Gasteiger partial charge in [-0.05, 0) is 50.4 Å². The van der Waals surface area contributed by atoms with Crippen LogP contribution in [0.4, 0.5) is 18.9 Å². The average Bonchev–Trinajstić information content (AvgIpc) is 3.46. The maximum Gasteiger partial charge on any atom is 0.435 e. The van der Waals surface area contributed by atoms with Gasteiger partial charge in [-0.1, -0.05) is 11.6 Å². The Labute approximate surface area is 228 Å². The highest BCUT2D eigenvalue weighted by Gasteiger charge is 2.40. The summed E-state index contributed by atoms with van der Waals surface area (Å²) in [6.07, 6.45) is 1.02. The molecule has 0 spiro atoms. The summed E-state index contributed by atoms with van der Waals surface area (Å²) in [6, 6.07) is 4.42. The van der Waals surface area contributed by atoms with Crippen LogP contribution in [0.3, 0.4) is 0 Å². The van der Waals surface area contributed by atoms with Gasteiger partial charge in [0.05, 0.1) is 34.1 Å². The van der Waals surface area contributed by atoms with Crippen LogP contribution in [0.2, 0.25) is 5.02 Å². The van der Waals surface area contributed by atoms with Gasteiger partial charge in [-0.2, -0.15) is 18.3 Å². The van der Waals surface area contributed by atoms with Gasteiger partial charge in [0, 0.05) is 32.5 Å². The topological polar surface area (TPSA) is 111 Å². The first-order chi connectivity index (χ1) is 17.5. The molecule has 3 aromatic rings. The van der Waals surface area contributed by atoms with Crippen LogP contribution in [0.15, 0.2) is 30.6 Å². The van der Waals surface area contributed by atoms with Crippen molar-refractivity contribution < 1.29 is 22.8 Å². The summed E-state index contributed by atoms with van der Waals surface area (Å²) in [5, 5.41) is 6.53. The lowest BCUT2D eigenvalue weighted by molar-refractivity contribution is -0.141. The van der Waals surface area contributed by atoms with Crippen LogP contribution >= 0.6 is 24.0 Å². The zero-order valence-electron chi connectivity index (χ0n) is 20.8. The van der Waals surface area contributed by atoms with E-state index >= 15 is 0 Å². The predicted molar refractivity (Wildman–Crippen MR) is 140 cm³/mol. The lowest BCUT2D eigenvalue weighted by atomic mass is 10.1. The molecular formula is C24H28Cl2F3N7O2. The molecule has 0 atom stereocenters. The third kappa shape index (κ3) is 6.30. The number of nitrogens with one attached hydrogen (secondary N) is 1. The summed E-state index contributed by atoms with van der Waals surface area (Å²) >= 11 is 6.31. The maximum absolute atomic E-state index is 13.6. The first-order valence-corrected chi connectivity index (χ1v) is 12.1.